The fraction of sp³-hybridized carbons (Fsp3) is 1.00. The quantitative estimate of drug-likeness (QED) is 0.497. The van der Waals surface area contributed by atoms with E-state index < -0.39 is 0 Å². The molecule has 11 heavy (non-hydrogen) atoms. The molecule has 0 spiro atoms. The van der Waals surface area contributed by atoms with Crippen LogP contribution < -0.4 is 0 Å². The maximum atomic E-state index is 2.56. The highest BCUT2D eigenvalue weighted by atomic mass is 14.6. The molecule has 62 valence electrons. The van der Waals surface area contributed by atoms with Crippen LogP contribution in [0.3, 0.4) is 0 Å². The molecule has 3 fully saturated rings. The molecule has 3 aliphatic rings. The lowest BCUT2D eigenvalue weighted by atomic mass is 9.54. The molecule has 0 amide bonds. The molecule has 0 aliphatic heterocycles. The van der Waals surface area contributed by atoms with E-state index in [0.29, 0.717) is 0 Å². The fourth-order valence-electron chi connectivity index (χ4n) is 4.13. The molecular weight excluding hydrogens is 132 g/mol. The molecule has 0 aromatic carbocycles. The highest BCUT2D eigenvalue weighted by Gasteiger charge is 2.52. The molecule has 3 saturated carbocycles. The van der Waals surface area contributed by atoms with E-state index in [-0.39, 0.29) is 0 Å². The molecule has 3 rings (SSSR count). The summed E-state index contributed by atoms with van der Waals surface area (Å²) in [5.41, 5.74) is 0.811. The van der Waals surface area contributed by atoms with Crippen LogP contribution in [0.25, 0.3) is 0 Å². The van der Waals surface area contributed by atoms with Crippen molar-refractivity contribution in [3.63, 3.8) is 0 Å². The second-order valence-corrected chi connectivity index (χ2v) is 5.44. The Morgan fingerprint density at radius 3 is 2.82 bits per heavy atom. The molecule has 0 heteroatoms. The Hall–Kier alpha value is 0. The lowest BCUT2D eigenvalue weighted by Gasteiger charge is -2.51. The summed E-state index contributed by atoms with van der Waals surface area (Å²) in [4.78, 5) is 0. The number of fused-ring (bicyclic) bond motifs is 4. The van der Waals surface area contributed by atoms with E-state index in [0.717, 1.165) is 17.3 Å². The second kappa shape index (κ2) is 1.84. The van der Waals surface area contributed by atoms with Crippen LogP contribution in [0, 0.1) is 23.2 Å². The minimum atomic E-state index is 0.811. The number of hydrogen-bond donors (Lipinski definition) is 0. The topological polar surface area (TPSA) is 0 Å². The summed E-state index contributed by atoms with van der Waals surface area (Å²) >= 11 is 0. The zero-order valence-corrected chi connectivity index (χ0v) is 7.47. The van der Waals surface area contributed by atoms with Crippen molar-refractivity contribution >= 4 is 0 Å². The Bertz CT molecular complexity index is 184. The van der Waals surface area contributed by atoms with Gasteiger partial charge in [0, 0.05) is 0 Å². The molecule has 0 nitrogen and oxygen atoms in total. The van der Waals surface area contributed by atoms with Crippen LogP contribution in [0.2, 0.25) is 0 Å². The van der Waals surface area contributed by atoms with E-state index in [1.807, 2.05) is 0 Å². The highest BCUT2D eigenvalue weighted by molar-refractivity contribution is 5.03. The van der Waals surface area contributed by atoms with Gasteiger partial charge in [-0.3, -0.25) is 0 Å². The maximum Gasteiger partial charge on any atom is -0.0292 e. The van der Waals surface area contributed by atoms with Gasteiger partial charge in [-0.05, 0) is 61.7 Å². The summed E-state index contributed by atoms with van der Waals surface area (Å²) in [5, 5.41) is 0. The first kappa shape index (κ1) is 6.51. The largest absolute Gasteiger partial charge is 0.0594 e. The van der Waals surface area contributed by atoms with Crippen molar-refractivity contribution in [1.29, 1.82) is 0 Å². The van der Waals surface area contributed by atoms with Crippen molar-refractivity contribution in [2.45, 2.75) is 45.4 Å². The van der Waals surface area contributed by atoms with Gasteiger partial charge in [0.2, 0.25) is 0 Å². The third-order valence-corrected chi connectivity index (χ3v) is 4.83. The monoisotopic (exact) mass is 150 g/mol. The van der Waals surface area contributed by atoms with Gasteiger partial charge in [0.15, 0.2) is 0 Å². The Labute approximate surface area is 69.4 Å². The van der Waals surface area contributed by atoms with Crippen molar-refractivity contribution in [2.75, 3.05) is 0 Å². The summed E-state index contributed by atoms with van der Waals surface area (Å²) in [7, 11) is 0. The smallest absolute Gasteiger partial charge is 0.0292 e. The predicted molar refractivity (Wildman–Crippen MR) is 46.3 cm³/mol. The average molecular weight is 150 g/mol. The molecule has 4 unspecified atom stereocenters. The average Bonchev–Trinajstić information content (AvgIpc) is 2.20. The molecular formula is C11H18. The van der Waals surface area contributed by atoms with Crippen LogP contribution >= 0.6 is 0 Å². The molecule has 3 aliphatic carbocycles. The van der Waals surface area contributed by atoms with Gasteiger partial charge < -0.3 is 0 Å². The van der Waals surface area contributed by atoms with Crippen molar-refractivity contribution in [3.05, 3.63) is 0 Å². The first-order valence-electron chi connectivity index (χ1n) is 5.28. The van der Waals surface area contributed by atoms with Crippen LogP contribution in [-0.4, -0.2) is 0 Å². The predicted octanol–water partition coefficient (Wildman–Crippen LogP) is 3.22. The van der Waals surface area contributed by atoms with E-state index in [1.54, 1.807) is 38.5 Å². The van der Waals surface area contributed by atoms with Crippen LogP contribution in [0.5, 0.6) is 0 Å². The molecule has 0 aromatic heterocycles. The SMILES string of the molecule is CC12CCC(CC3CCC31)C2. The fourth-order valence-corrected chi connectivity index (χ4v) is 4.13. The maximum absolute atomic E-state index is 2.56. The summed E-state index contributed by atoms with van der Waals surface area (Å²) in [6.07, 6.45) is 9.42. The van der Waals surface area contributed by atoms with Gasteiger partial charge in [-0.25, -0.2) is 0 Å². The van der Waals surface area contributed by atoms with Crippen LogP contribution in [-0.2, 0) is 0 Å². The van der Waals surface area contributed by atoms with E-state index in [9.17, 15) is 0 Å². The molecule has 0 heterocycles. The Kier molecular flexibility index (Phi) is 1.09. The summed E-state index contributed by atoms with van der Waals surface area (Å²) < 4.78 is 0. The zero-order chi connectivity index (χ0) is 7.47. The molecule has 0 saturated heterocycles. The Morgan fingerprint density at radius 1 is 1.18 bits per heavy atom. The van der Waals surface area contributed by atoms with Gasteiger partial charge in [-0.15, -0.1) is 0 Å². The summed E-state index contributed by atoms with van der Waals surface area (Å²) in [6.45, 7) is 2.56. The number of rotatable bonds is 0. The Morgan fingerprint density at radius 2 is 2.09 bits per heavy atom. The van der Waals surface area contributed by atoms with Crippen molar-refractivity contribution in [2.24, 2.45) is 23.2 Å². The second-order valence-electron chi connectivity index (χ2n) is 5.44. The van der Waals surface area contributed by atoms with Gasteiger partial charge in [0.05, 0.1) is 0 Å². The minimum absolute atomic E-state index is 0.811. The van der Waals surface area contributed by atoms with E-state index in [2.05, 4.69) is 6.92 Å². The third kappa shape index (κ3) is 0.711. The van der Waals surface area contributed by atoms with Gasteiger partial charge >= 0.3 is 0 Å². The van der Waals surface area contributed by atoms with E-state index >= 15 is 0 Å². The van der Waals surface area contributed by atoms with E-state index in [4.69, 9.17) is 0 Å². The van der Waals surface area contributed by atoms with Crippen molar-refractivity contribution in [3.8, 4) is 0 Å². The first-order chi connectivity index (χ1) is 5.28. The van der Waals surface area contributed by atoms with Crippen LogP contribution in [0.15, 0.2) is 0 Å². The van der Waals surface area contributed by atoms with Gasteiger partial charge in [-0.1, -0.05) is 6.92 Å². The molecule has 0 radical (unpaired) electrons. The lowest BCUT2D eigenvalue weighted by Crippen LogP contribution is -2.42. The summed E-state index contributed by atoms with van der Waals surface area (Å²) in [6, 6.07) is 0. The molecule has 0 aromatic rings. The highest BCUT2D eigenvalue weighted by Crippen LogP contribution is 2.62. The molecule has 4 atom stereocenters. The van der Waals surface area contributed by atoms with Crippen molar-refractivity contribution < 1.29 is 0 Å². The van der Waals surface area contributed by atoms with Gasteiger partial charge in [0.25, 0.3) is 0 Å². The zero-order valence-electron chi connectivity index (χ0n) is 7.47. The van der Waals surface area contributed by atoms with E-state index in [1.165, 1.54) is 5.92 Å². The van der Waals surface area contributed by atoms with Crippen molar-refractivity contribution in [1.82, 2.24) is 0 Å². The minimum Gasteiger partial charge on any atom is -0.0594 e. The van der Waals surface area contributed by atoms with Crippen LogP contribution in [0.4, 0.5) is 0 Å². The normalized spacial score (nSPS) is 60.3. The standard InChI is InChI=1S/C11H18/c1-11-5-4-8(7-11)6-9-2-3-10(9)11/h8-10H,2-7H2,1H3. The first-order valence-corrected chi connectivity index (χ1v) is 5.28. The van der Waals surface area contributed by atoms with Crippen LogP contribution in [0.1, 0.15) is 45.4 Å². The lowest BCUT2D eigenvalue weighted by molar-refractivity contribution is -0.00868. The molecule has 2 bridgehead atoms. The third-order valence-electron chi connectivity index (χ3n) is 4.83. The molecule has 0 N–H and O–H groups in total. The summed E-state index contributed by atoms with van der Waals surface area (Å²) in [5.74, 6) is 3.46. The Balaban J connectivity index is 1.92. The van der Waals surface area contributed by atoms with Gasteiger partial charge in [-0.2, -0.15) is 0 Å². The van der Waals surface area contributed by atoms with Gasteiger partial charge in [0.1, 0.15) is 0 Å². The number of hydrogen-bond acceptors (Lipinski definition) is 0.